The fraction of sp³-hybridized carbons (Fsp3) is 0.613. The van der Waals surface area contributed by atoms with Gasteiger partial charge in [0.25, 0.3) is 5.91 Å². The van der Waals surface area contributed by atoms with E-state index in [0.29, 0.717) is 30.7 Å². The highest BCUT2D eigenvalue weighted by Gasteiger charge is 2.57. The first-order valence-corrected chi connectivity index (χ1v) is 15.4. The lowest BCUT2D eigenvalue weighted by molar-refractivity contribution is -0.251. The molecule has 5 unspecified atom stereocenters. The SMILES string of the molecule is CCOC(=O)C1CCN(C(=O)C2OC(NC(=O)C3(c4ccc(Cl)cc4)CCC3)C(OC(C)=O)C(OC(C)=O)C2OC(C)=O)CC1. The molecule has 0 aromatic heterocycles. The first-order chi connectivity index (χ1) is 21.4. The molecule has 14 heteroatoms. The summed E-state index contributed by atoms with van der Waals surface area (Å²) >= 11 is 6.07. The number of rotatable bonds is 9. The van der Waals surface area contributed by atoms with Gasteiger partial charge in [0.15, 0.2) is 30.6 Å². The van der Waals surface area contributed by atoms with Crippen molar-refractivity contribution in [2.24, 2.45) is 5.92 Å². The van der Waals surface area contributed by atoms with E-state index in [9.17, 15) is 28.8 Å². The van der Waals surface area contributed by atoms with E-state index >= 15 is 0 Å². The molecule has 2 aliphatic heterocycles. The smallest absolute Gasteiger partial charge is 0.309 e. The zero-order valence-corrected chi connectivity index (χ0v) is 26.5. The Morgan fingerprint density at radius 2 is 1.44 bits per heavy atom. The molecule has 1 saturated carbocycles. The molecule has 2 heterocycles. The maximum absolute atomic E-state index is 14.0. The Balaban J connectivity index is 1.66. The third-order valence-electron chi connectivity index (χ3n) is 8.43. The number of nitrogens with one attached hydrogen (secondary N) is 1. The summed E-state index contributed by atoms with van der Waals surface area (Å²) in [7, 11) is 0. The van der Waals surface area contributed by atoms with Crippen molar-refractivity contribution >= 4 is 47.3 Å². The summed E-state index contributed by atoms with van der Waals surface area (Å²) in [5.74, 6) is -4.19. The van der Waals surface area contributed by atoms with E-state index < -0.39 is 65.8 Å². The first kappa shape index (κ1) is 34.2. The average Bonchev–Trinajstić information content (AvgIpc) is 2.95. The van der Waals surface area contributed by atoms with Crippen LogP contribution in [-0.2, 0) is 57.9 Å². The number of hydrogen-bond donors (Lipinski definition) is 1. The molecule has 1 aromatic rings. The Hall–Kier alpha value is -3.71. The molecule has 1 aliphatic carbocycles. The first-order valence-electron chi connectivity index (χ1n) is 15.1. The van der Waals surface area contributed by atoms with Gasteiger partial charge < -0.3 is 33.9 Å². The summed E-state index contributed by atoms with van der Waals surface area (Å²) < 4.78 is 27.8. The normalized spacial score (nSPS) is 26.1. The quantitative estimate of drug-likeness (QED) is 0.308. The molecule has 1 aromatic carbocycles. The van der Waals surface area contributed by atoms with Crippen molar-refractivity contribution in [2.45, 2.75) is 95.9 Å². The van der Waals surface area contributed by atoms with Gasteiger partial charge in [-0.1, -0.05) is 30.2 Å². The monoisotopic (exact) mass is 650 g/mol. The zero-order valence-electron chi connectivity index (χ0n) is 25.7. The van der Waals surface area contributed by atoms with Crippen molar-refractivity contribution in [3.8, 4) is 0 Å². The van der Waals surface area contributed by atoms with Gasteiger partial charge in [0.1, 0.15) is 0 Å². The standard InChI is InChI=1S/C31H39ClN2O11/c1-5-41-29(39)20-11-15-34(16-12-20)28(38)26-24(43-18(3)36)23(42-17(2)35)25(44-19(4)37)27(45-26)33-30(40)31(13-6-14-31)21-7-9-22(32)10-8-21/h7-10,20,23-27H,5-6,11-16H2,1-4H3,(H,33,40). The lowest BCUT2D eigenvalue weighted by atomic mass is 9.63. The molecule has 5 atom stereocenters. The molecule has 0 bridgehead atoms. The van der Waals surface area contributed by atoms with Crippen molar-refractivity contribution in [3.63, 3.8) is 0 Å². The van der Waals surface area contributed by atoms with Crippen LogP contribution >= 0.6 is 11.6 Å². The molecule has 3 aliphatic rings. The molecule has 0 spiro atoms. The fourth-order valence-corrected chi connectivity index (χ4v) is 6.24. The van der Waals surface area contributed by atoms with Crippen LogP contribution in [-0.4, -0.2) is 90.9 Å². The van der Waals surface area contributed by atoms with Gasteiger partial charge in [0, 0.05) is 38.9 Å². The van der Waals surface area contributed by atoms with Gasteiger partial charge in [0.2, 0.25) is 5.91 Å². The van der Waals surface area contributed by atoms with E-state index in [4.69, 9.17) is 35.3 Å². The number of esters is 4. The minimum Gasteiger partial charge on any atom is -0.466 e. The van der Waals surface area contributed by atoms with Gasteiger partial charge in [0.05, 0.1) is 17.9 Å². The molecule has 2 saturated heterocycles. The van der Waals surface area contributed by atoms with E-state index in [-0.39, 0.29) is 31.6 Å². The Kier molecular flexibility index (Phi) is 11.1. The number of benzene rings is 1. The number of likely N-dealkylation sites (tertiary alicyclic amines) is 1. The molecule has 246 valence electrons. The van der Waals surface area contributed by atoms with Crippen molar-refractivity contribution in [1.29, 1.82) is 0 Å². The third kappa shape index (κ3) is 7.75. The Labute approximate surface area is 266 Å². The van der Waals surface area contributed by atoms with Gasteiger partial charge in [-0.15, -0.1) is 0 Å². The Morgan fingerprint density at radius 3 is 1.96 bits per heavy atom. The number of amides is 2. The van der Waals surface area contributed by atoms with Crippen molar-refractivity contribution in [3.05, 3.63) is 34.9 Å². The van der Waals surface area contributed by atoms with E-state index in [1.54, 1.807) is 31.2 Å². The number of nitrogens with zero attached hydrogens (tertiary/aromatic N) is 1. The lowest BCUT2D eigenvalue weighted by Gasteiger charge is -2.47. The summed E-state index contributed by atoms with van der Waals surface area (Å²) in [6.45, 7) is 5.65. The Bertz CT molecular complexity index is 1290. The van der Waals surface area contributed by atoms with Crippen LogP contribution in [0.2, 0.25) is 5.02 Å². The topological polar surface area (TPSA) is 164 Å². The number of carbonyl (C=O) groups excluding carboxylic acids is 6. The minimum absolute atomic E-state index is 0.178. The maximum Gasteiger partial charge on any atom is 0.309 e. The molecule has 2 amide bonds. The Morgan fingerprint density at radius 1 is 0.889 bits per heavy atom. The van der Waals surface area contributed by atoms with Crippen molar-refractivity contribution in [2.75, 3.05) is 19.7 Å². The maximum atomic E-state index is 14.0. The molecule has 0 radical (unpaired) electrons. The van der Waals surface area contributed by atoms with Crippen LogP contribution in [0.3, 0.4) is 0 Å². The lowest BCUT2D eigenvalue weighted by Crippen LogP contribution is -2.69. The van der Waals surface area contributed by atoms with E-state index in [0.717, 1.165) is 32.8 Å². The van der Waals surface area contributed by atoms with Crippen molar-refractivity contribution in [1.82, 2.24) is 10.2 Å². The molecule has 3 fully saturated rings. The number of piperidine rings is 1. The van der Waals surface area contributed by atoms with Crippen LogP contribution in [0.1, 0.15) is 65.4 Å². The van der Waals surface area contributed by atoms with Crippen LogP contribution in [0.4, 0.5) is 0 Å². The third-order valence-corrected chi connectivity index (χ3v) is 8.68. The number of carbonyl (C=O) groups is 6. The predicted octanol–water partition coefficient (Wildman–Crippen LogP) is 2.20. The molecular formula is C31H39ClN2O11. The van der Waals surface area contributed by atoms with E-state index in [1.165, 1.54) is 4.90 Å². The number of ether oxygens (including phenoxy) is 5. The fourth-order valence-electron chi connectivity index (χ4n) is 6.12. The van der Waals surface area contributed by atoms with Crippen LogP contribution < -0.4 is 5.32 Å². The summed E-state index contributed by atoms with van der Waals surface area (Å²) in [5.41, 5.74) is -0.214. The predicted molar refractivity (Wildman–Crippen MR) is 156 cm³/mol. The second-order valence-electron chi connectivity index (χ2n) is 11.5. The highest BCUT2D eigenvalue weighted by molar-refractivity contribution is 6.30. The van der Waals surface area contributed by atoms with Gasteiger partial charge in [-0.3, -0.25) is 28.8 Å². The summed E-state index contributed by atoms with van der Waals surface area (Å²) in [6.07, 6.45) is -5.02. The molecular weight excluding hydrogens is 612 g/mol. The van der Waals surface area contributed by atoms with Crippen LogP contribution in [0.5, 0.6) is 0 Å². The van der Waals surface area contributed by atoms with Crippen LogP contribution in [0.15, 0.2) is 24.3 Å². The highest BCUT2D eigenvalue weighted by atomic mass is 35.5. The van der Waals surface area contributed by atoms with Crippen molar-refractivity contribution < 1.29 is 52.5 Å². The molecule has 45 heavy (non-hydrogen) atoms. The van der Waals surface area contributed by atoms with E-state index in [1.807, 2.05) is 0 Å². The summed E-state index contributed by atoms with van der Waals surface area (Å²) in [4.78, 5) is 78.4. The number of hydrogen-bond acceptors (Lipinski definition) is 11. The van der Waals surface area contributed by atoms with Crippen LogP contribution in [0.25, 0.3) is 0 Å². The van der Waals surface area contributed by atoms with Crippen LogP contribution in [0, 0.1) is 5.92 Å². The van der Waals surface area contributed by atoms with Gasteiger partial charge in [-0.25, -0.2) is 0 Å². The average molecular weight is 651 g/mol. The van der Waals surface area contributed by atoms with Gasteiger partial charge in [-0.05, 0) is 50.3 Å². The molecule has 13 nitrogen and oxygen atoms in total. The second kappa shape index (κ2) is 14.6. The number of halogens is 1. The molecule has 1 N–H and O–H groups in total. The summed E-state index contributed by atoms with van der Waals surface area (Å²) in [6, 6.07) is 6.89. The minimum atomic E-state index is -1.55. The largest absolute Gasteiger partial charge is 0.466 e. The highest BCUT2D eigenvalue weighted by Crippen LogP contribution is 2.44. The zero-order chi connectivity index (χ0) is 32.9. The summed E-state index contributed by atoms with van der Waals surface area (Å²) in [5, 5.41) is 3.30. The second-order valence-corrected chi connectivity index (χ2v) is 11.9. The van der Waals surface area contributed by atoms with Gasteiger partial charge in [-0.2, -0.15) is 0 Å². The van der Waals surface area contributed by atoms with Gasteiger partial charge >= 0.3 is 23.9 Å². The van der Waals surface area contributed by atoms with E-state index in [2.05, 4.69) is 5.32 Å². The molecule has 4 rings (SSSR count).